The van der Waals surface area contributed by atoms with Crippen molar-refractivity contribution in [3.63, 3.8) is 0 Å². The van der Waals surface area contributed by atoms with E-state index in [4.69, 9.17) is 4.74 Å². The van der Waals surface area contributed by atoms with Crippen molar-refractivity contribution < 1.29 is 9.53 Å². The normalized spacial score (nSPS) is 10.9. The molecule has 0 fully saturated rings. The lowest BCUT2D eigenvalue weighted by atomic mass is 10.1. The Labute approximate surface area is 179 Å². The summed E-state index contributed by atoms with van der Waals surface area (Å²) in [5.41, 5.74) is 5.20. The highest BCUT2D eigenvalue weighted by molar-refractivity contribution is 5.94. The zero-order chi connectivity index (χ0) is 21.3. The van der Waals surface area contributed by atoms with E-state index < -0.39 is 0 Å². The fourth-order valence-electron chi connectivity index (χ4n) is 3.63. The molecule has 1 aromatic heterocycles. The van der Waals surface area contributed by atoms with Crippen LogP contribution in [0.3, 0.4) is 0 Å². The zero-order valence-corrected chi connectivity index (χ0v) is 18.2. The molecule has 3 aromatic rings. The van der Waals surface area contributed by atoms with Gasteiger partial charge in [0.1, 0.15) is 0 Å². The number of carbonyl (C=O) groups is 1. The molecule has 0 aliphatic heterocycles. The third kappa shape index (κ3) is 6.04. The molecule has 0 bridgehead atoms. The minimum Gasteiger partial charge on any atom is -0.383 e. The molecule has 30 heavy (non-hydrogen) atoms. The van der Waals surface area contributed by atoms with Crippen LogP contribution >= 0.6 is 0 Å². The number of rotatable bonds is 10. The predicted molar refractivity (Wildman–Crippen MR) is 120 cm³/mol. The number of hydrogen-bond donors (Lipinski definition) is 0. The van der Waals surface area contributed by atoms with E-state index >= 15 is 0 Å². The molecule has 0 unspecified atom stereocenters. The Kier molecular flexibility index (Phi) is 7.80. The number of aryl methyl sites for hydroxylation is 3. The topological polar surface area (TPSA) is 47.4 Å². The van der Waals surface area contributed by atoms with Crippen LogP contribution in [-0.2, 0) is 17.7 Å². The van der Waals surface area contributed by atoms with E-state index in [-0.39, 0.29) is 5.91 Å². The number of carbonyl (C=O) groups excluding carboxylic acids is 1. The molecular weight excluding hydrogens is 374 g/mol. The summed E-state index contributed by atoms with van der Waals surface area (Å²) in [6.45, 7) is 6.53. The maximum absolute atomic E-state index is 13.2. The second-order valence-electron chi connectivity index (χ2n) is 7.66. The molecule has 1 amide bonds. The van der Waals surface area contributed by atoms with Crippen molar-refractivity contribution in [3.8, 4) is 0 Å². The third-order valence-electron chi connectivity index (χ3n) is 5.20. The molecule has 2 aromatic carbocycles. The van der Waals surface area contributed by atoms with E-state index in [0.29, 0.717) is 31.8 Å². The van der Waals surface area contributed by atoms with E-state index in [1.807, 2.05) is 53.8 Å². The summed E-state index contributed by atoms with van der Waals surface area (Å²) in [7, 11) is 1.67. The van der Waals surface area contributed by atoms with Crippen molar-refractivity contribution in [2.45, 2.75) is 33.2 Å². The smallest absolute Gasteiger partial charge is 0.253 e. The predicted octanol–water partition coefficient (Wildman–Crippen LogP) is 4.27. The second-order valence-corrected chi connectivity index (χ2v) is 7.66. The van der Waals surface area contributed by atoms with Gasteiger partial charge in [0, 0.05) is 31.5 Å². The summed E-state index contributed by atoms with van der Waals surface area (Å²) in [4.78, 5) is 15.1. The van der Waals surface area contributed by atoms with Crippen LogP contribution < -0.4 is 0 Å². The van der Waals surface area contributed by atoms with Crippen LogP contribution in [0.1, 0.15) is 39.3 Å². The highest BCUT2D eigenvalue weighted by Crippen LogP contribution is 2.13. The molecule has 5 heteroatoms. The van der Waals surface area contributed by atoms with E-state index in [2.05, 4.69) is 35.4 Å². The standard InChI is InChI=1S/C25H31N3O2/c1-20-17-21(2)28(26-20)19-23-11-7-13-24(18-23)25(29)27(15-16-30-3)14-8-12-22-9-5-4-6-10-22/h4-7,9-11,13,17-18H,8,12,14-16,19H2,1-3H3. The van der Waals surface area contributed by atoms with Crippen LogP contribution in [0, 0.1) is 13.8 Å². The summed E-state index contributed by atoms with van der Waals surface area (Å²) >= 11 is 0. The molecule has 5 nitrogen and oxygen atoms in total. The van der Waals surface area contributed by atoms with Crippen molar-refractivity contribution >= 4 is 5.91 Å². The maximum atomic E-state index is 13.2. The van der Waals surface area contributed by atoms with E-state index in [1.54, 1.807) is 7.11 Å². The number of benzene rings is 2. The molecule has 0 aliphatic rings. The number of amides is 1. The van der Waals surface area contributed by atoms with Gasteiger partial charge in [-0.2, -0.15) is 5.10 Å². The summed E-state index contributed by atoms with van der Waals surface area (Å²) in [5.74, 6) is 0.0512. The van der Waals surface area contributed by atoms with Gasteiger partial charge in [-0.1, -0.05) is 42.5 Å². The maximum Gasteiger partial charge on any atom is 0.253 e. The fraction of sp³-hybridized carbons (Fsp3) is 0.360. The van der Waals surface area contributed by atoms with Crippen LogP contribution in [0.15, 0.2) is 60.7 Å². The van der Waals surface area contributed by atoms with Crippen molar-refractivity contribution in [3.05, 3.63) is 88.7 Å². The van der Waals surface area contributed by atoms with Gasteiger partial charge in [-0.3, -0.25) is 9.48 Å². The first-order valence-corrected chi connectivity index (χ1v) is 10.5. The molecule has 158 valence electrons. The number of nitrogens with zero attached hydrogens (tertiary/aromatic N) is 3. The van der Waals surface area contributed by atoms with Crippen molar-refractivity contribution in [1.29, 1.82) is 0 Å². The molecule has 0 saturated heterocycles. The summed E-state index contributed by atoms with van der Waals surface area (Å²) in [6, 6.07) is 20.3. The van der Waals surface area contributed by atoms with E-state index in [1.165, 1.54) is 5.56 Å². The molecule has 0 aliphatic carbocycles. The summed E-state index contributed by atoms with van der Waals surface area (Å²) in [5, 5.41) is 4.53. The van der Waals surface area contributed by atoms with Crippen LogP contribution in [0.5, 0.6) is 0 Å². The quantitative estimate of drug-likeness (QED) is 0.506. The van der Waals surface area contributed by atoms with Crippen molar-refractivity contribution in [2.24, 2.45) is 0 Å². The number of methoxy groups -OCH3 is 1. The van der Waals surface area contributed by atoms with Gasteiger partial charge in [-0.05, 0) is 56.0 Å². The molecule has 1 heterocycles. The van der Waals surface area contributed by atoms with Crippen LogP contribution in [-0.4, -0.2) is 47.4 Å². The Morgan fingerprint density at radius 2 is 1.77 bits per heavy atom. The second kappa shape index (κ2) is 10.7. The van der Waals surface area contributed by atoms with Gasteiger partial charge in [-0.15, -0.1) is 0 Å². The Balaban J connectivity index is 1.67. The SMILES string of the molecule is COCCN(CCCc1ccccc1)C(=O)c1cccc(Cn2nc(C)cc2C)c1. The Morgan fingerprint density at radius 1 is 1.00 bits per heavy atom. The van der Waals surface area contributed by atoms with Gasteiger partial charge >= 0.3 is 0 Å². The first kappa shape index (κ1) is 21.8. The molecular formula is C25H31N3O2. The lowest BCUT2D eigenvalue weighted by Gasteiger charge is -2.23. The van der Waals surface area contributed by atoms with Gasteiger partial charge in [0.15, 0.2) is 0 Å². The average molecular weight is 406 g/mol. The molecule has 0 atom stereocenters. The molecule has 0 saturated carbocycles. The molecule has 0 radical (unpaired) electrons. The summed E-state index contributed by atoms with van der Waals surface area (Å²) in [6.07, 6.45) is 1.88. The van der Waals surface area contributed by atoms with Crippen molar-refractivity contribution in [1.82, 2.24) is 14.7 Å². The third-order valence-corrected chi connectivity index (χ3v) is 5.20. The number of aromatic nitrogens is 2. The van der Waals surface area contributed by atoms with Gasteiger partial charge in [0.05, 0.1) is 18.8 Å². The summed E-state index contributed by atoms with van der Waals surface area (Å²) < 4.78 is 7.21. The minimum atomic E-state index is 0.0512. The van der Waals surface area contributed by atoms with Gasteiger partial charge in [0.2, 0.25) is 0 Å². The largest absolute Gasteiger partial charge is 0.383 e. The van der Waals surface area contributed by atoms with Gasteiger partial charge < -0.3 is 9.64 Å². The Bertz CT molecular complexity index is 950. The molecule has 0 N–H and O–H groups in total. The average Bonchev–Trinajstić information content (AvgIpc) is 3.07. The van der Waals surface area contributed by atoms with Gasteiger partial charge in [-0.25, -0.2) is 0 Å². The molecule has 3 rings (SSSR count). The minimum absolute atomic E-state index is 0.0512. The van der Waals surface area contributed by atoms with Crippen LogP contribution in [0.25, 0.3) is 0 Å². The van der Waals surface area contributed by atoms with Crippen LogP contribution in [0.4, 0.5) is 0 Å². The first-order chi connectivity index (χ1) is 14.6. The van der Waals surface area contributed by atoms with Crippen LogP contribution in [0.2, 0.25) is 0 Å². The fourth-order valence-corrected chi connectivity index (χ4v) is 3.63. The first-order valence-electron chi connectivity index (χ1n) is 10.5. The number of ether oxygens (including phenoxy) is 1. The number of hydrogen-bond acceptors (Lipinski definition) is 3. The van der Waals surface area contributed by atoms with Crippen molar-refractivity contribution in [2.75, 3.05) is 26.8 Å². The lowest BCUT2D eigenvalue weighted by molar-refractivity contribution is 0.0693. The highest BCUT2D eigenvalue weighted by atomic mass is 16.5. The Hall–Kier alpha value is -2.92. The van der Waals surface area contributed by atoms with Gasteiger partial charge in [0.25, 0.3) is 5.91 Å². The Morgan fingerprint density at radius 3 is 2.47 bits per heavy atom. The zero-order valence-electron chi connectivity index (χ0n) is 18.2. The highest BCUT2D eigenvalue weighted by Gasteiger charge is 2.16. The lowest BCUT2D eigenvalue weighted by Crippen LogP contribution is -2.35. The molecule has 0 spiro atoms. The van der Waals surface area contributed by atoms with E-state index in [9.17, 15) is 4.79 Å². The monoisotopic (exact) mass is 405 g/mol. The van der Waals surface area contributed by atoms with E-state index in [0.717, 1.165) is 29.8 Å².